The molecule has 140 valence electrons. The van der Waals surface area contributed by atoms with Crippen LogP contribution in [-0.2, 0) is 6.42 Å². The number of hydrogen-bond donors (Lipinski definition) is 1. The first kappa shape index (κ1) is 18.0. The molecule has 1 aromatic heterocycles. The summed E-state index contributed by atoms with van der Waals surface area (Å²) in [7, 11) is 0. The van der Waals surface area contributed by atoms with Gasteiger partial charge in [0.05, 0.1) is 10.6 Å². The highest BCUT2D eigenvalue weighted by atomic mass is 35.5. The van der Waals surface area contributed by atoms with Crippen LogP contribution >= 0.6 is 11.6 Å². The number of aromatic nitrogens is 1. The lowest BCUT2D eigenvalue weighted by molar-refractivity contribution is 0.0639. The minimum absolute atomic E-state index is 0.0127. The Labute approximate surface area is 162 Å². The molecule has 1 N–H and O–H groups in total. The molecular weight excluding hydrogens is 365 g/mol. The van der Waals surface area contributed by atoms with E-state index < -0.39 is 0 Å². The molecule has 0 unspecified atom stereocenters. The van der Waals surface area contributed by atoms with Crippen molar-refractivity contribution < 1.29 is 9.18 Å². The molecule has 1 aliphatic rings. The van der Waals surface area contributed by atoms with E-state index >= 15 is 0 Å². The molecule has 2 heterocycles. The van der Waals surface area contributed by atoms with E-state index in [0.29, 0.717) is 23.7 Å². The van der Waals surface area contributed by atoms with Crippen LogP contribution in [0, 0.1) is 5.82 Å². The van der Waals surface area contributed by atoms with Crippen LogP contribution in [0.5, 0.6) is 0 Å². The Morgan fingerprint density at radius 3 is 2.56 bits per heavy atom. The number of piperazine rings is 1. The highest BCUT2D eigenvalue weighted by molar-refractivity contribution is 6.34. The summed E-state index contributed by atoms with van der Waals surface area (Å²) in [5.74, 6) is -0.219. The zero-order valence-electron chi connectivity index (χ0n) is 14.9. The van der Waals surface area contributed by atoms with Crippen molar-refractivity contribution in [2.24, 2.45) is 0 Å². The summed E-state index contributed by atoms with van der Waals surface area (Å²) >= 11 is 6.33. The predicted octanol–water partition coefficient (Wildman–Crippen LogP) is 3.96. The van der Waals surface area contributed by atoms with E-state index in [0.717, 1.165) is 42.5 Å². The number of rotatable bonds is 4. The molecule has 0 bridgehead atoms. The van der Waals surface area contributed by atoms with E-state index in [2.05, 4.69) is 9.88 Å². The van der Waals surface area contributed by atoms with E-state index in [1.54, 1.807) is 0 Å². The fourth-order valence-corrected chi connectivity index (χ4v) is 3.77. The van der Waals surface area contributed by atoms with Gasteiger partial charge >= 0.3 is 0 Å². The third-order valence-corrected chi connectivity index (χ3v) is 5.47. The van der Waals surface area contributed by atoms with Gasteiger partial charge in [-0.15, -0.1) is 0 Å². The zero-order chi connectivity index (χ0) is 18.8. The Bertz CT molecular complexity index is 946. The minimum atomic E-state index is -0.206. The number of carbonyl (C=O) groups is 1. The standard InChI is InChI=1S/C21H21ClFN3O/c22-19-14-20-16(5-7-24-20)13-18(19)21(27)26-11-9-25(10-12-26)8-6-15-1-3-17(23)4-2-15/h1-5,7,13-14,24H,6,8-12H2. The van der Waals surface area contributed by atoms with Gasteiger partial charge in [-0.1, -0.05) is 23.7 Å². The fraction of sp³-hybridized carbons (Fsp3) is 0.286. The Balaban J connectivity index is 1.34. The Hall–Kier alpha value is -2.37. The first-order valence-corrected chi connectivity index (χ1v) is 9.51. The number of hydrogen-bond acceptors (Lipinski definition) is 2. The number of benzene rings is 2. The SMILES string of the molecule is O=C(c1cc2cc[nH]c2cc1Cl)N1CCN(CCc2ccc(F)cc2)CC1. The lowest BCUT2D eigenvalue weighted by atomic mass is 10.1. The molecule has 1 amide bonds. The van der Waals surface area contributed by atoms with Gasteiger partial charge in [0.15, 0.2) is 0 Å². The lowest BCUT2D eigenvalue weighted by Crippen LogP contribution is -2.49. The average Bonchev–Trinajstić information content (AvgIpc) is 3.14. The number of nitrogens with one attached hydrogen (secondary N) is 1. The quantitative estimate of drug-likeness (QED) is 0.738. The Kier molecular flexibility index (Phi) is 5.14. The normalized spacial score (nSPS) is 15.4. The van der Waals surface area contributed by atoms with Gasteiger partial charge < -0.3 is 9.88 Å². The summed E-state index contributed by atoms with van der Waals surface area (Å²) in [5, 5.41) is 1.47. The van der Waals surface area contributed by atoms with Crippen LogP contribution in [0.2, 0.25) is 5.02 Å². The largest absolute Gasteiger partial charge is 0.361 e. The predicted molar refractivity (Wildman–Crippen MR) is 106 cm³/mol. The molecule has 1 aliphatic heterocycles. The number of halogens is 2. The van der Waals surface area contributed by atoms with Crippen LogP contribution in [-0.4, -0.2) is 53.4 Å². The van der Waals surface area contributed by atoms with Crippen molar-refractivity contribution in [2.45, 2.75) is 6.42 Å². The number of carbonyl (C=O) groups excluding carboxylic acids is 1. The molecule has 0 aliphatic carbocycles. The monoisotopic (exact) mass is 385 g/mol. The second-order valence-electron chi connectivity index (χ2n) is 6.91. The van der Waals surface area contributed by atoms with E-state index in [-0.39, 0.29) is 11.7 Å². The van der Waals surface area contributed by atoms with Crippen molar-refractivity contribution in [1.29, 1.82) is 0 Å². The summed E-state index contributed by atoms with van der Waals surface area (Å²) in [4.78, 5) is 20.2. The fourth-order valence-electron chi connectivity index (χ4n) is 3.52. The lowest BCUT2D eigenvalue weighted by Gasteiger charge is -2.35. The molecule has 1 fully saturated rings. The number of H-pyrrole nitrogens is 1. The van der Waals surface area contributed by atoms with E-state index in [1.807, 2.05) is 41.4 Å². The minimum Gasteiger partial charge on any atom is -0.361 e. The highest BCUT2D eigenvalue weighted by Crippen LogP contribution is 2.25. The van der Waals surface area contributed by atoms with Crippen LogP contribution in [0.1, 0.15) is 15.9 Å². The number of nitrogens with zero attached hydrogens (tertiary/aromatic N) is 2. The van der Waals surface area contributed by atoms with Gasteiger partial charge in [0.2, 0.25) is 0 Å². The summed E-state index contributed by atoms with van der Waals surface area (Å²) in [6.45, 7) is 3.94. The molecule has 0 radical (unpaired) electrons. The molecule has 1 saturated heterocycles. The van der Waals surface area contributed by atoms with Gasteiger partial charge in [0, 0.05) is 49.8 Å². The van der Waals surface area contributed by atoms with E-state index in [1.165, 1.54) is 12.1 Å². The highest BCUT2D eigenvalue weighted by Gasteiger charge is 2.24. The van der Waals surface area contributed by atoms with Crippen molar-refractivity contribution in [2.75, 3.05) is 32.7 Å². The van der Waals surface area contributed by atoms with Gasteiger partial charge in [-0.2, -0.15) is 0 Å². The van der Waals surface area contributed by atoms with Gasteiger partial charge in [-0.05, 0) is 42.3 Å². The Morgan fingerprint density at radius 2 is 1.81 bits per heavy atom. The van der Waals surface area contributed by atoms with Gasteiger partial charge in [0.25, 0.3) is 5.91 Å². The molecule has 27 heavy (non-hydrogen) atoms. The molecule has 3 aromatic rings. The summed E-state index contributed by atoms with van der Waals surface area (Å²) in [5.41, 5.74) is 2.62. The molecular formula is C21H21ClFN3O. The van der Waals surface area contributed by atoms with Crippen molar-refractivity contribution in [1.82, 2.24) is 14.8 Å². The van der Waals surface area contributed by atoms with Crippen LogP contribution in [0.3, 0.4) is 0 Å². The van der Waals surface area contributed by atoms with Crippen molar-refractivity contribution in [3.8, 4) is 0 Å². The maximum absolute atomic E-state index is 13.0. The second kappa shape index (κ2) is 7.71. The van der Waals surface area contributed by atoms with Gasteiger partial charge in [0.1, 0.15) is 5.82 Å². The molecule has 4 rings (SSSR count). The third-order valence-electron chi connectivity index (χ3n) is 5.16. The second-order valence-corrected chi connectivity index (χ2v) is 7.31. The summed E-state index contributed by atoms with van der Waals surface area (Å²) in [6, 6.07) is 12.3. The maximum Gasteiger partial charge on any atom is 0.255 e. The molecule has 0 atom stereocenters. The van der Waals surface area contributed by atoms with Crippen molar-refractivity contribution in [3.63, 3.8) is 0 Å². The number of amides is 1. The van der Waals surface area contributed by atoms with Gasteiger partial charge in [-0.25, -0.2) is 4.39 Å². The first-order valence-electron chi connectivity index (χ1n) is 9.13. The summed E-state index contributed by atoms with van der Waals surface area (Å²) in [6.07, 6.45) is 2.72. The molecule has 0 saturated carbocycles. The van der Waals surface area contributed by atoms with Gasteiger partial charge in [-0.3, -0.25) is 9.69 Å². The topological polar surface area (TPSA) is 39.3 Å². The van der Waals surface area contributed by atoms with E-state index in [4.69, 9.17) is 11.6 Å². The average molecular weight is 386 g/mol. The van der Waals surface area contributed by atoms with Crippen molar-refractivity contribution in [3.05, 3.63) is 70.6 Å². The van der Waals surface area contributed by atoms with Crippen molar-refractivity contribution >= 4 is 28.4 Å². The first-order chi connectivity index (χ1) is 13.1. The number of aromatic amines is 1. The maximum atomic E-state index is 13.0. The third kappa shape index (κ3) is 3.99. The zero-order valence-corrected chi connectivity index (χ0v) is 15.7. The molecule has 0 spiro atoms. The smallest absolute Gasteiger partial charge is 0.255 e. The van der Waals surface area contributed by atoms with Crippen LogP contribution < -0.4 is 0 Å². The van der Waals surface area contributed by atoms with E-state index in [9.17, 15) is 9.18 Å². The number of fused-ring (bicyclic) bond motifs is 1. The van der Waals surface area contributed by atoms with Crippen LogP contribution in [0.4, 0.5) is 4.39 Å². The molecule has 4 nitrogen and oxygen atoms in total. The summed E-state index contributed by atoms with van der Waals surface area (Å²) < 4.78 is 13.0. The molecule has 2 aromatic carbocycles. The van der Waals surface area contributed by atoms with Crippen LogP contribution in [0.25, 0.3) is 10.9 Å². The molecule has 6 heteroatoms. The van der Waals surface area contributed by atoms with Crippen LogP contribution in [0.15, 0.2) is 48.7 Å². The Morgan fingerprint density at radius 1 is 1.07 bits per heavy atom.